The van der Waals surface area contributed by atoms with Gasteiger partial charge in [0, 0.05) is 44.0 Å². The Kier molecular flexibility index (Phi) is 5.70. The van der Waals surface area contributed by atoms with E-state index in [1.54, 1.807) is 17.9 Å². The number of nitrogens with one attached hydrogen (secondary N) is 2. The van der Waals surface area contributed by atoms with E-state index in [-0.39, 0.29) is 28.5 Å². The lowest BCUT2D eigenvalue weighted by atomic mass is 10.1. The molecule has 4 heterocycles. The highest BCUT2D eigenvalue weighted by Crippen LogP contribution is 2.23. The predicted molar refractivity (Wildman–Crippen MR) is 109 cm³/mol. The number of sulfonamides is 1. The number of likely N-dealkylation sites (tertiary alicyclic amines) is 1. The Morgan fingerprint density at radius 2 is 1.87 bits per heavy atom. The molecule has 2 aromatic rings. The van der Waals surface area contributed by atoms with Crippen molar-refractivity contribution in [2.45, 2.75) is 43.5 Å². The lowest BCUT2D eigenvalue weighted by Gasteiger charge is -2.31. The van der Waals surface area contributed by atoms with E-state index >= 15 is 0 Å². The highest BCUT2D eigenvalue weighted by atomic mass is 32.2. The zero-order valence-corrected chi connectivity index (χ0v) is 17.7. The van der Waals surface area contributed by atoms with Gasteiger partial charge in [0.05, 0.1) is 6.26 Å². The predicted octanol–water partition coefficient (Wildman–Crippen LogP) is 1.74. The first-order valence-corrected chi connectivity index (χ1v) is 11.6. The fraction of sp³-hybridized carbons (Fsp3) is 0.500. The van der Waals surface area contributed by atoms with Crippen LogP contribution in [0.1, 0.15) is 52.3 Å². The number of rotatable bonds is 5. The van der Waals surface area contributed by atoms with Crippen molar-refractivity contribution in [3.05, 3.63) is 41.6 Å². The van der Waals surface area contributed by atoms with Gasteiger partial charge >= 0.3 is 0 Å². The van der Waals surface area contributed by atoms with Gasteiger partial charge in [0.25, 0.3) is 11.8 Å². The first-order chi connectivity index (χ1) is 14.4. The lowest BCUT2D eigenvalue weighted by molar-refractivity contribution is 0.0787. The molecule has 10 heteroatoms. The van der Waals surface area contributed by atoms with Gasteiger partial charge in [-0.25, -0.2) is 8.42 Å². The maximum Gasteiger partial charge on any atom is 0.287 e. The minimum absolute atomic E-state index is 0.0961. The molecule has 2 fully saturated rings. The van der Waals surface area contributed by atoms with Crippen LogP contribution in [-0.2, 0) is 10.0 Å². The number of amides is 2. The summed E-state index contributed by atoms with van der Waals surface area (Å²) in [5.74, 6) is -0.161. The first-order valence-electron chi connectivity index (χ1n) is 10.2. The van der Waals surface area contributed by atoms with Crippen LogP contribution in [0.3, 0.4) is 0 Å². The second kappa shape index (κ2) is 8.27. The molecule has 9 nitrogen and oxygen atoms in total. The summed E-state index contributed by atoms with van der Waals surface area (Å²) in [6, 6.07) is 3.03. The molecule has 2 amide bonds. The fourth-order valence-corrected chi connectivity index (χ4v) is 5.45. The molecule has 0 atom stereocenters. The van der Waals surface area contributed by atoms with Gasteiger partial charge in [-0.05, 0) is 44.7 Å². The van der Waals surface area contributed by atoms with Gasteiger partial charge < -0.3 is 19.6 Å². The Hall–Kier alpha value is -2.59. The van der Waals surface area contributed by atoms with Crippen molar-refractivity contribution in [1.82, 2.24) is 19.5 Å². The molecule has 0 spiro atoms. The highest BCUT2D eigenvalue weighted by Gasteiger charge is 2.32. The minimum atomic E-state index is -3.70. The van der Waals surface area contributed by atoms with E-state index in [1.165, 1.54) is 22.8 Å². The van der Waals surface area contributed by atoms with Crippen LogP contribution in [0.25, 0.3) is 0 Å². The van der Waals surface area contributed by atoms with Gasteiger partial charge in [0.2, 0.25) is 10.0 Å². The number of furan rings is 1. The van der Waals surface area contributed by atoms with Crippen LogP contribution in [0.5, 0.6) is 0 Å². The third-order valence-electron chi connectivity index (χ3n) is 5.78. The van der Waals surface area contributed by atoms with Crippen molar-refractivity contribution in [2.24, 2.45) is 0 Å². The summed E-state index contributed by atoms with van der Waals surface area (Å²) in [6.45, 7) is 3.80. The smallest absolute Gasteiger partial charge is 0.287 e. The SMILES string of the molecule is Cc1ccoc1C(=O)NC1CCN(S(=O)(=O)c2c[nH]c(C(=O)N3CCCC3)c2)CC1. The second-order valence-corrected chi connectivity index (χ2v) is 9.77. The molecule has 0 radical (unpaired) electrons. The summed E-state index contributed by atoms with van der Waals surface area (Å²) in [7, 11) is -3.70. The number of H-pyrrole nitrogens is 1. The minimum Gasteiger partial charge on any atom is -0.459 e. The van der Waals surface area contributed by atoms with Gasteiger partial charge in [-0.2, -0.15) is 4.31 Å². The molecule has 2 aliphatic heterocycles. The van der Waals surface area contributed by atoms with Crippen molar-refractivity contribution in [2.75, 3.05) is 26.2 Å². The Labute approximate surface area is 175 Å². The average molecular weight is 435 g/mol. The van der Waals surface area contributed by atoms with E-state index in [2.05, 4.69) is 10.3 Å². The van der Waals surface area contributed by atoms with Crippen LogP contribution >= 0.6 is 0 Å². The molecule has 0 aliphatic carbocycles. The second-order valence-electron chi connectivity index (χ2n) is 7.83. The maximum absolute atomic E-state index is 13.0. The zero-order valence-electron chi connectivity index (χ0n) is 16.9. The summed E-state index contributed by atoms with van der Waals surface area (Å²) in [5.41, 5.74) is 1.06. The van der Waals surface area contributed by atoms with E-state index < -0.39 is 10.0 Å². The molecule has 30 heavy (non-hydrogen) atoms. The van der Waals surface area contributed by atoms with Crippen molar-refractivity contribution < 1.29 is 22.4 Å². The molecule has 2 aromatic heterocycles. The summed E-state index contributed by atoms with van der Waals surface area (Å²) in [5, 5.41) is 2.91. The van der Waals surface area contributed by atoms with E-state index in [9.17, 15) is 18.0 Å². The average Bonchev–Trinajstić information content (AvgIpc) is 3.49. The first kappa shape index (κ1) is 20.7. The molecular weight excluding hydrogens is 408 g/mol. The third kappa shape index (κ3) is 4.01. The largest absolute Gasteiger partial charge is 0.459 e. The molecular formula is C20H26N4O5S. The Balaban J connectivity index is 1.36. The number of hydrogen-bond acceptors (Lipinski definition) is 5. The number of aromatic amines is 1. The van der Waals surface area contributed by atoms with Crippen LogP contribution in [0, 0.1) is 6.92 Å². The number of carbonyl (C=O) groups is 2. The topological polar surface area (TPSA) is 116 Å². The van der Waals surface area contributed by atoms with E-state index in [4.69, 9.17) is 4.42 Å². The van der Waals surface area contributed by atoms with Crippen LogP contribution < -0.4 is 5.32 Å². The lowest BCUT2D eigenvalue weighted by Crippen LogP contribution is -2.46. The molecule has 2 N–H and O–H groups in total. The van der Waals surface area contributed by atoms with E-state index in [0.717, 1.165) is 18.4 Å². The van der Waals surface area contributed by atoms with Crippen molar-refractivity contribution >= 4 is 21.8 Å². The van der Waals surface area contributed by atoms with Gasteiger partial charge in [-0.1, -0.05) is 0 Å². The quantitative estimate of drug-likeness (QED) is 0.744. The molecule has 4 rings (SSSR count). The van der Waals surface area contributed by atoms with Crippen molar-refractivity contribution in [3.63, 3.8) is 0 Å². The van der Waals surface area contributed by atoms with Crippen LogP contribution in [0.15, 0.2) is 33.9 Å². The number of carbonyl (C=O) groups excluding carboxylic acids is 2. The highest BCUT2D eigenvalue weighted by molar-refractivity contribution is 7.89. The number of nitrogens with zero attached hydrogens (tertiary/aromatic N) is 2. The van der Waals surface area contributed by atoms with Crippen LogP contribution in [0.4, 0.5) is 0 Å². The molecule has 0 aromatic carbocycles. The number of aromatic nitrogens is 1. The Bertz CT molecular complexity index is 1030. The molecule has 0 bridgehead atoms. The van der Waals surface area contributed by atoms with Crippen LogP contribution in [-0.4, -0.2) is 66.6 Å². The Morgan fingerprint density at radius 1 is 1.17 bits per heavy atom. The third-order valence-corrected chi connectivity index (χ3v) is 7.65. The molecule has 162 valence electrons. The maximum atomic E-state index is 13.0. The van der Waals surface area contributed by atoms with E-state index in [0.29, 0.717) is 44.7 Å². The van der Waals surface area contributed by atoms with Gasteiger partial charge in [-0.15, -0.1) is 0 Å². The van der Waals surface area contributed by atoms with Crippen molar-refractivity contribution in [1.29, 1.82) is 0 Å². The molecule has 2 aliphatic rings. The van der Waals surface area contributed by atoms with Gasteiger partial charge in [0.1, 0.15) is 10.6 Å². The molecule has 0 saturated carbocycles. The number of hydrogen-bond donors (Lipinski definition) is 2. The summed E-state index contributed by atoms with van der Waals surface area (Å²) in [6.07, 6.45) is 5.82. The summed E-state index contributed by atoms with van der Waals surface area (Å²) < 4.78 is 32.6. The summed E-state index contributed by atoms with van der Waals surface area (Å²) >= 11 is 0. The van der Waals surface area contributed by atoms with E-state index in [1.807, 2.05) is 0 Å². The summed E-state index contributed by atoms with van der Waals surface area (Å²) in [4.78, 5) is 29.4. The normalized spacial score (nSPS) is 18.6. The van der Waals surface area contributed by atoms with Crippen LogP contribution in [0.2, 0.25) is 0 Å². The zero-order chi connectivity index (χ0) is 21.3. The van der Waals surface area contributed by atoms with Gasteiger partial charge in [0.15, 0.2) is 5.76 Å². The molecule has 2 saturated heterocycles. The van der Waals surface area contributed by atoms with Crippen molar-refractivity contribution in [3.8, 4) is 0 Å². The molecule has 0 unspecified atom stereocenters. The standard InChI is InChI=1S/C20H26N4O5S/c1-14-6-11-29-18(14)19(25)22-15-4-9-24(10-5-15)30(27,28)16-12-17(21-13-16)20(26)23-7-2-3-8-23/h6,11-13,15,21H,2-5,7-10H2,1H3,(H,22,25). The number of aryl methyl sites for hydroxylation is 1. The Morgan fingerprint density at radius 3 is 2.50 bits per heavy atom. The van der Waals surface area contributed by atoms with Gasteiger partial charge in [-0.3, -0.25) is 9.59 Å². The monoisotopic (exact) mass is 434 g/mol. The fourth-order valence-electron chi connectivity index (χ4n) is 3.98. The number of piperidine rings is 1.